The van der Waals surface area contributed by atoms with Crippen molar-refractivity contribution in [3.63, 3.8) is 0 Å². The largest absolute Gasteiger partial charge is 0.349 e. The average Bonchev–Trinajstić information content (AvgIpc) is 2.92. The van der Waals surface area contributed by atoms with Crippen molar-refractivity contribution >= 4 is 17.8 Å². The fourth-order valence-corrected chi connectivity index (χ4v) is 1.67. The zero-order chi connectivity index (χ0) is 14.4. The second-order valence-corrected chi connectivity index (χ2v) is 4.33. The standard InChI is InChI=1S/C13H15N5O2/c1-9(7-11(19)17-13-14-8-15-18-13)16-12(20)10-5-3-2-4-6-10/h2-6,8-9H,7H2,1H3,(H,16,20)(H2,14,15,17,18,19)/t9-/m0/s1. The van der Waals surface area contributed by atoms with Crippen LogP contribution in [0, 0.1) is 0 Å². The molecular formula is C13H15N5O2. The van der Waals surface area contributed by atoms with E-state index in [-0.39, 0.29) is 30.2 Å². The molecule has 0 bridgehead atoms. The number of amides is 2. The molecule has 2 rings (SSSR count). The second kappa shape index (κ2) is 6.46. The van der Waals surface area contributed by atoms with Crippen LogP contribution < -0.4 is 10.6 Å². The molecule has 0 aliphatic heterocycles. The first-order chi connectivity index (χ1) is 9.65. The van der Waals surface area contributed by atoms with E-state index in [0.29, 0.717) is 5.56 Å². The van der Waals surface area contributed by atoms with Crippen LogP contribution in [0.15, 0.2) is 36.7 Å². The lowest BCUT2D eigenvalue weighted by molar-refractivity contribution is -0.116. The minimum atomic E-state index is -0.286. The first-order valence-corrected chi connectivity index (χ1v) is 6.16. The Balaban J connectivity index is 1.81. The smallest absolute Gasteiger partial charge is 0.251 e. The summed E-state index contributed by atoms with van der Waals surface area (Å²) in [7, 11) is 0. The molecule has 3 N–H and O–H groups in total. The van der Waals surface area contributed by atoms with Gasteiger partial charge in [-0.1, -0.05) is 18.2 Å². The van der Waals surface area contributed by atoms with Crippen LogP contribution in [0.3, 0.4) is 0 Å². The van der Waals surface area contributed by atoms with Crippen LogP contribution in [-0.4, -0.2) is 33.0 Å². The van der Waals surface area contributed by atoms with Gasteiger partial charge >= 0.3 is 0 Å². The molecule has 0 fully saturated rings. The van der Waals surface area contributed by atoms with Crippen molar-refractivity contribution in [2.24, 2.45) is 0 Å². The Morgan fingerprint density at radius 1 is 1.30 bits per heavy atom. The molecular weight excluding hydrogens is 258 g/mol. The van der Waals surface area contributed by atoms with E-state index >= 15 is 0 Å². The Hall–Kier alpha value is -2.70. The Morgan fingerprint density at radius 2 is 2.05 bits per heavy atom. The summed E-state index contributed by atoms with van der Waals surface area (Å²) >= 11 is 0. The van der Waals surface area contributed by atoms with E-state index in [4.69, 9.17) is 0 Å². The van der Waals surface area contributed by atoms with E-state index in [2.05, 4.69) is 25.8 Å². The average molecular weight is 273 g/mol. The summed E-state index contributed by atoms with van der Waals surface area (Å²) in [5, 5.41) is 11.5. The van der Waals surface area contributed by atoms with E-state index in [1.165, 1.54) is 6.33 Å². The Morgan fingerprint density at radius 3 is 2.70 bits per heavy atom. The highest BCUT2D eigenvalue weighted by molar-refractivity contribution is 5.95. The van der Waals surface area contributed by atoms with Crippen LogP contribution in [0.4, 0.5) is 5.95 Å². The van der Waals surface area contributed by atoms with Crippen LogP contribution in [0.25, 0.3) is 0 Å². The number of nitrogens with one attached hydrogen (secondary N) is 3. The SMILES string of the molecule is C[C@@H](CC(=O)Nc1ncn[nH]1)NC(=O)c1ccccc1. The highest BCUT2D eigenvalue weighted by Gasteiger charge is 2.13. The van der Waals surface area contributed by atoms with E-state index in [1.54, 1.807) is 31.2 Å². The molecule has 0 radical (unpaired) electrons. The van der Waals surface area contributed by atoms with Gasteiger partial charge in [0.25, 0.3) is 5.91 Å². The van der Waals surface area contributed by atoms with Gasteiger partial charge in [0, 0.05) is 18.0 Å². The van der Waals surface area contributed by atoms with Gasteiger partial charge in [-0.25, -0.2) is 5.10 Å². The first kappa shape index (κ1) is 13.7. The summed E-state index contributed by atoms with van der Waals surface area (Å²) in [5.41, 5.74) is 0.565. The summed E-state index contributed by atoms with van der Waals surface area (Å²) in [6.07, 6.45) is 1.45. The van der Waals surface area contributed by atoms with Crippen LogP contribution in [0.2, 0.25) is 0 Å². The molecule has 0 saturated carbocycles. The van der Waals surface area contributed by atoms with Crippen LogP contribution in [-0.2, 0) is 4.79 Å². The first-order valence-electron chi connectivity index (χ1n) is 6.16. The molecule has 1 heterocycles. The lowest BCUT2D eigenvalue weighted by atomic mass is 10.1. The molecule has 0 unspecified atom stereocenters. The zero-order valence-corrected chi connectivity index (χ0v) is 11.0. The third-order valence-electron chi connectivity index (χ3n) is 2.58. The number of benzene rings is 1. The summed E-state index contributed by atoms with van der Waals surface area (Å²) in [6.45, 7) is 1.76. The van der Waals surface area contributed by atoms with Gasteiger partial charge in [0.15, 0.2) is 0 Å². The highest BCUT2D eigenvalue weighted by atomic mass is 16.2. The fourth-order valence-electron chi connectivity index (χ4n) is 1.67. The number of hydrogen-bond acceptors (Lipinski definition) is 4. The van der Waals surface area contributed by atoms with Gasteiger partial charge in [-0.05, 0) is 19.1 Å². The molecule has 1 atom stereocenters. The van der Waals surface area contributed by atoms with Gasteiger partial charge in [-0.2, -0.15) is 10.1 Å². The predicted octanol–water partition coefficient (Wildman–Crippen LogP) is 0.952. The number of aromatic amines is 1. The van der Waals surface area contributed by atoms with E-state index in [9.17, 15) is 9.59 Å². The lowest BCUT2D eigenvalue weighted by Crippen LogP contribution is -2.35. The number of rotatable bonds is 5. The monoisotopic (exact) mass is 273 g/mol. The Labute approximate surface area is 115 Å². The molecule has 2 aromatic rings. The van der Waals surface area contributed by atoms with Crippen molar-refractivity contribution in [1.82, 2.24) is 20.5 Å². The van der Waals surface area contributed by atoms with Gasteiger partial charge in [0.2, 0.25) is 11.9 Å². The van der Waals surface area contributed by atoms with Crippen molar-refractivity contribution < 1.29 is 9.59 Å². The maximum atomic E-state index is 11.9. The number of anilines is 1. The normalized spacial score (nSPS) is 11.7. The van der Waals surface area contributed by atoms with Crippen molar-refractivity contribution in [2.45, 2.75) is 19.4 Å². The van der Waals surface area contributed by atoms with Gasteiger partial charge in [0.1, 0.15) is 6.33 Å². The van der Waals surface area contributed by atoms with Crippen molar-refractivity contribution in [1.29, 1.82) is 0 Å². The summed E-state index contributed by atoms with van der Waals surface area (Å²) in [4.78, 5) is 27.4. The summed E-state index contributed by atoms with van der Waals surface area (Å²) < 4.78 is 0. The van der Waals surface area contributed by atoms with E-state index < -0.39 is 0 Å². The third-order valence-corrected chi connectivity index (χ3v) is 2.58. The maximum absolute atomic E-state index is 11.9. The molecule has 1 aromatic heterocycles. The quantitative estimate of drug-likeness (QED) is 0.755. The number of H-pyrrole nitrogens is 1. The molecule has 7 heteroatoms. The molecule has 20 heavy (non-hydrogen) atoms. The molecule has 0 aliphatic rings. The van der Waals surface area contributed by atoms with Crippen molar-refractivity contribution in [2.75, 3.05) is 5.32 Å². The summed E-state index contributed by atoms with van der Waals surface area (Å²) in [5.74, 6) is -0.162. The third kappa shape index (κ3) is 3.91. The predicted molar refractivity (Wildman–Crippen MR) is 73.0 cm³/mol. The van der Waals surface area contributed by atoms with Gasteiger partial charge in [-0.3, -0.25) is 14.9 Å². The molecule has 1 aromatic carbocycles. The Bertz CT molecular complexity index is 568. The Kier molecular flexibility index (Phi) is 4.43. The van der Waals surface area contributed by atoms with Gasteiger partial charge in [0.05, 0.1) is 0 Å². The van der Waals surface area contributed by atoms with Crippen LogP contribution in [0.5, 0.6) is 0 Å². The molecule has 2 amide bonds. The molecule has 7 nitrogen and oxygen atoms in total. The van der Waals surface area contributed by atoms with Crippen LogP contribution >= 0.6 is 0 Å². The molecule has 104 valence electrons. The number of nitrogens with zero attached hydrogens (tertiary/aromatic N) is 2. The highest BCUT2D eigenvalue weighted by Crippen LogP contribution is 2.01. The van der Waals surface area contributed by atoms with E-state index in [0.717, 1.165) is 0 Å². The minimum absolute atomic E-state index is 0.152. The zero-order valence-electron chi connectivity index (χ0n) is 11.0. The van der Waals surface area contributed by atoms with Crippen molar-refractivity contribution in [3.05, 3.63) is 42.2 Å². The second-order valence-electron chi connectivity index (χ2n) is 4.33. The topological polar surface area (TPSA) is 99.8 Å². The maximum Gasteiger partial charge on any atom is 0.251 e. The summed E-state index contributed by atoms with van der Waals surface area (Å²) in [6, 6.07) is 8.57. The number of carbonyl (C=O) groups excluding carboxylic acids is 2. The lowest BCUT2D eigenvalue weighted by Gasteiger charge is -2.13. The molecule has 0 aliphatic carbocycles. The van der Waals surface area contributed by atoms with E-state index in [1.807, 2.05) is 6.07 Å². The van der Waals surface area contributed by atoms with Crippen molar-refractivity contribution in [3.8, 4) is 0 Å². The number of aromatic nitrogens is 3. The van der Waals surface area contributed by atoms with Gasteiger partial charge < -0.3 is 5.32 Å². The number of hydrogen-bond donors (Lipinski definition) is 3. The number of carbonyl (C=O) groups is 2. The molecule has 0 spiro atoms. The molecule has 0 saturated heterocycles. The van der Waals surface area contributed by atoms with Gasteiger partial charge in [-0.15, -0.1) is 0 Å². The minimum Gasteiger partial charge on any atom is -0.349 e. The fraction of sp³-hybridized carbons (Fsp3) is 0.231. The van der Waals surface area contributed by atoms with Crippen LogP contribution in [0.1, 0.15) is 23.7 Å².